The van der Waals surface area contributed by atoms with E-state index in [9.17, 15) is 22.8 Å². The van der Waals surface area contributed by atoms with Gasteiger partial charge in [-0.05, 0) is 25.5 Å². The lowest BCUT2D eigenvalue weighted by Crippen LogP contribution is -2.33. The standard InChI is InChI=1S/C17H11F4N5/c1-7-9-4-10(12(18)5-13(9)26-25-7)14-11(6-22)16(17(19,20)21)24-8(2)15(14)23-3/h4-5,14,24H,1-2H3,(H,25,26). The highest BCUT2D eigenvalue weighted by Crippen LogP contribution is 2.44. The van der Waals surface area contributed by atoms with Gasteiger partial charge in [-0.1, -0.05) is 0 Å². The lowest BCUT2D eigenvalue weighted by Gasteiger charge is -2.28. The number of fused-ring (bicyclic) bond motifs is 1. The van der Waals surface area contributed by atoms with E-state index in [0.717, 1.165) is 6.07 Å². The van der Waals surface area contributed by atoms with E-state index in [4.69, 9.17) is 6.57 Å². The second-order valence-electron chi connectivity index (χ2n) is 5.82. The lowest BCUT2D eigenvalue weighted by molar-refractivity contribution is -0.0969. The lowest BCUT2D eigenvalue weighted by atomic mass is 9.83. The molecular formula is C17H11F4N5. The molecule has 2 N–H and O–H groups in total. The van der Waals surface area contributed by atoms with E-state index < -0.39 is 29.2 Å². The largest absolute Gasteiger partial charge is 0.432 e. The number of hydrogen-bond acceptors (Lipinski definition) is 3. The first-order chi connectivity index (χ1) is 12.2. The minimum Gasteiger partial charge on any atom is -0.364 e. The molecule has 1 atom stereocenters. The summed E-state index contributed by atoms with van der Waals surface area (Å²) in [6, 6.07) is 3.92. The fourth-order valence-corrected chi connectivity index (χ4v) is 3.01. The minimum atomic E-state index is -4.84. The molecule has 1 aromatic carbocycles. The summed E-state index contributed by atoms with van der Waals surface area (Å²) in [5, 5.41) is 18.5. The minimum absolute atomic E-state index is 0.0697. The van der Waals surface area contributed by atoms with Crippen molar-refractivity contribution in [2.45, 2.75) is 25.9 Å². The molecule has 0 saturated carbocycles. The quantitative estimate of drug-likeness (QED) is 0.591. The van der Waals surface area contributed by atoms with Crippen LogP contribution in [0.25, 0.3) is 15.7 Å². The average Bonchev–Trinajstić information content (AvgIpc) is 2.92. The first-order valence-corrected chi connectivity index (χ1v) is 7.39. The molecule has 0 fully saturated rings. The third kappa shape index (κ3) is 2.58. The number of halogens is 4. The number of aryl methyl sites for hydroxylation is 1. The fourth-order valence-electron chi connectivity index (χ4n) is 3.01. The van der Waals surface area contributed by atoms with Gasteiger partial charge in [0.1, 0.15) is 11.5 Å². The zero-order valence-electron chi connectivity index (χ0n) is 13.6. The number of H-pyrrole nitrogens is 1. The Bertz CT molecular complexity index is 1060. The number of aromatic amines is 1. The first-order valence-electron chi connectivity index (χ1n) is 7.39. The Morgan fingerprint density at radius 2 is 2.00 bits per heavy atom. The van der Waals surface area contributed by atoms with Crippen LogP contribution < -0.4 is 5.32 Å². The summed E-state index contributed by atoms with van der Waals surface area (Å²) in [5.74, 6) is -2.28. The van der Waals surface area contributed by atoms with Crippen molar-refractivity contribution >= 4 is 10.9 Å². The van der Waals surface area contributed by atoms with Crippen molar-refractivity contribution in [2.24, 2.45) is 0 Å². The third-order valence-electron chi connectivity index (χ3n) is 4.23. The van der Waals surface area contributed by atoms with Crippen LogP contribution in [0.2, 0.25) is 0 Å². The van der Waals surface area contributed by atoms with Gasteiger partial charge >= 0.3 is 6.18 Å². The second kappa shape index (κ2) is 5.88. The predicted molar refractivity (Wildman–Crippen MR) is 84.7 cm³/mol. The highest BCUT2D eigenvalue weighted by molar-refractivity contribution is 5.82. The van der Waals surface area contributed by atoms with Crippen molar-refractivity contribution in [2.75, 3.05) is 0 Å². The third-order valence-corrected chi connectivity index (χ3v) is 4.23. The van der Waals surface area contributed by atoms with E-state index in [2.05, 4.69) is 20.4 Å². The Hall–Kier alpha value is -3.33. The molecule has 0 saturated heterocycles. The Morgan fingerprint density at radius 1 is 1.31 bits per heavy atom. The number of nitrogens with zero attached hydrogens (tertiary/aromatic N) is 3. The topological polar surface area (TPSA) is 68.9 Å². The maximum absolute atomic E-state index is 14.7. The Kier molecular flexibility index (Phi) is 3.96. The Balaban J connectivity index is 2.35. The maximum atomic E-state index is 14.7. The molecule has 1 aliphatic heterocycles. The van der Waals surface area contributed by atoms with Gasteiger partial charge in [-0.2, -0.15) is 23.5 Å². The maximum Gasteiger partial charge on any atom is 0.432 e. The van der Waals surface area contributed by atoms with Crippen molar-refractivity contribution in [3.63, 3.8) is 0 Å². The van der Waals surface area contributed by atoms with Gasteiger partial charge in [0, 0.05) is 22.8 Å². The van der Waals surface area contributed by atoms with Gasteiger partial charge < -0.3 is 5.32 Å². The molecule has 1 unspecified atom stereocenters. The number of alkyl halides is 3. The fraction of sp³-hybridized carbons (Fsp3) is 0.235. The SMILES string of the molecule is [C-]#[N+]C1=C(C)NC(C(F)(F)F)=C(C#N)C1c1cc2c(C)[nH]nc2cc1F. The number of hydrogen-bond donors (Lipinski definition) is 2. The summed E-state index contributed by atoms with van der Waals surface area (Å²) in [6.45, 7) is 10.3. The normalized spacial score (nSPS) is 17.9. The first kappa shape index (κ1) is 17.5. The predicted octanol–water partition coefficient (Wildman–Crippen LogP) is 4.19. The number of dihydropyridines is 1. The summed E-state index contributed by atoms with van der Waals surface area (Å²) < 4.78 is 54.7. The average molecular weight is 361 g/mol. The van der Waals surface area contributed by atoms with E-state index in [-0.39, 0.29) is 17.0 Å². The summed E-state index contributed by atoms with van der Waals surface area (Å²) in [7, 11) is 0. The van der Waals surface area contributed by atoms with E-state index in [1.165, 1.54) is 19.1 Å². The van der Waals surface area contributed by atoms with Crippen LogP contribution in [-0.4, -0.2) is 16.4 Å². The van der Waals surface area contributed by atoms with Gasteiger partial charge in [0.15, 0.2) is 5.70 Å². The molecule has 0 aliphatic carbocycles. The smallest absolute Gasteiger partial charge is 0.364 e. The molecular weight excluding hydrogens is 350 g/mol. The van der Waals surface area contributed by atoms with Crippen molar-refractivity contribution in [3.8, 4) is 6.07 Å². The summed E-state index contributed by atoms with van der Waals surface area (Å²) in [6.07, 6.45) is -4.84. The van der Waals surface area contributed by atoms with Crippen molar-refractivity contribution < 1.29 is 17.6 Å². The Labute approximate surface area is 145 Å². The summed E-state index contributed by atoms with van der Waals surface area (Å²) in [4.78, 5) is 3.26. The van der Waals surface area contributed by atoms with Crippen LogP contribution >= 0.6 is 0 Å². The van der Waals surface area contributed by atoms with E-state index >= 15 is 0 Å². The number of allylic oxidation sites excluding steroid dienone is 3. The van der Waals surface area contributed by atoms with Crippen molar-refractivity contribution in [1.82, 2.24) is 15.5 Å². The zero-order chi connectivity index (χ0) is 19.2. The highest BCUT2D eigenvalue weighted by Gasteiger charge is 2.44. The molecule has 0 amide bonds. The van der Waals surface area contributed by atoms with Crippen molar-refractivity contribution in [3.05, 3.63) is 63.3 Å². The van der Waals surface area contributed by atoms with Gasteiger partial charge in [-0.15, -0.1) is 0 Å². The molecule has 1 aliphatic rings. The Morgan fingerprint density at radius 3 is 2.58 bits per heavy atom. The van der Waals surface area contributed by atoms with Crippen LogP contribution in [0.3, 0.4) is 0 Å². The molecule has 3 rings (SSSR count). The number of rotatable bonds is 1. The highest BCUT2D eigenvalue weighted by atomic mass is 19.4. The van der Waals surface area contributed by atoms with Gasteiger partial charge in [-0.25, -0.2) is 9.24 Å². The van der Waals surface area contributed by atoms with Crippen LogP contribution in [0.5, 0.6) is 0 Å². The van der Waals surface area contributed by atoms with E-state index in [1.807, 2.05) is 0 Å². The zero-order valence-corrected chi connectivity index (χ0v) is 13.6. The molecule has 5 nitrogen and oxygen atoms in total. The van der Waals surface area contributed by atoms with Crippen LogP contribution in [0.4, 0.5) is 17.6 Å². The van der Waals surface area contributed by atoms with Gasteiger partial charge in [0.25, 0.3) is 0 Å². The molecule has 2 aromatic rings. The van der Waals surface area contributed by atoms with Crippen molar-refractivity contribution in [1.29, 1.82) is 5.26 Å². The van der Waals surface area contributed by atoms with E-state index in [1.54, 1.807) is 6.92 Å². The molecule has 0 radical (unpaired) electrons. The monoisotopic (exact) mass is 361 g/mol. The second-order valence-corrected chi connectivity index (χ2v) is 5.82. The number of nitrogens with one attached hydrogen (secondary N) is 2. The van der Waals surface area contributed by atoms with Gasteiger partial charge in [-0.3, -0.25) is 5.10 Å². The molecule has 26 heavy (non-hydrogen) atoms. The summed E-state index contributed by atoms with van der Waals surface area (Å²) >= 11 is 0. The van der Waals surface area contributed by atoms with Crippen LogP contribution in [0, 0.1) is 30.6 Å². The molecule has 0 spiro atoms. The van der Waals surface area contributed by atoms with Gasteiger partial charge in [0.05, 0.1) is 29.6 Å². The number of aromatic nitrogens is 2. The molecule has 1 aromatic heterocycles. The number of benzene rings is 1. The summed E-state index contributed by atoms with van der Waals surface area (Å²) in [5.41, 5.74) is -1.52. The molecule has 2 heterocycles. The molecule has 0 bridgehead atoms. The number of nitriles is 1. The van der Waals surface area contributed by atoms with Crippen LogP contribution in [-0.2, 0) is 0 Å². The van der Waals surface area contributed by atoms with E-state index in [0.29, 0.717) is 16.6 Å². The van der Waals surface area contributed by atoms with Gasteiger partial charge in [0.2, 0.25) is 0 Å². The van der Waals surface area contributed by atoms with Crippen LogP contribution in [0.1, 0.15) is 24.1 Å². The van der Waals surface area contributed by atoms with Crippen LogP contribution in [0.15, 0.2) is 34.8 Å². The molecule has 132 valence electrons. The molecule has 9 heteroatoms.